The van der Waals surface area contributed by atoms with Gasteiger partial charge in [0.25, 0.3) is 0 Å². The first-order valence-electron chi connectivity index (χ1n) is 8.55. The third-order valence-electron chi connectivity index (χ3n) is 4.19. The normalized spacial score (nSPS) is 15.4. The molecule has 0 aliphatic carbocycles. The Morgan fingerprint density at radius 2 is 1.96 bits per heavy atom. The average molecular weight is 487 g/mol. The number of halogens is 1. The first kappa shape index (κ1) is 20.8. The Kier molecular flexibility index (Phi) is 9.06. The van der Waals surface area contributed by atoms with E-state index in [1.807, 2.05) is 13.1 Å². The zero-order valence-electron chi connectivity index (χ0n) is 15.0. The van der Waals surface area contributed by atoms with E-state index in [2.05, 4.69) is 52.2 Å². The smallest absolute Gasteiger partial charge is 0.225 e. The van der Waals surface area contributed by atoms with Crippen LogP contribution in [0.25, 0.3) is 0 Å². The molecule has 0 unspecified atom stereocenters. The monoisotopic (exact) mass is 487 g/mol. The van der Waals surface area contributed by atoms with Crippen molar-refractivity contribution in [3.05, 3.63) is 40.8 Å². The molecule has 0 atom stereocenters. The van der Waals surface area contributed by atoms with Gasteiger partial charge < -0.3 is 15.5 Å². The van der Waals surface area contributed by atoms with Gasteiger partial charge in [0.05, 0.1) is 0 Å². The van der Waals surface area contributed by atoms with Gasteiger partial charge >= 0.3 is 0 Å². The van der Waals surface area contributed by atoms with Crippen molar-refractivity contribution in [1.29, 1.82) is 0 Å². The van der Waals surface area contributed by atoms with Crippen molar-refractivity contribution in [1.82, 2.24) is 25.5 Å². The maximum absolute atomic E-state index is 4.33. The van der Waals surface area contributed by atoms with Gasteiger partial charge in [-0.25, -0.2) is 9.97 Å². The van der Waals surface area contributed by atoms with Gasteiger partial charge in [-0.3, -0.25) is 9.89 Å². The first-order chi connectivity index (χ1) is 12.3. The minimum atomic E-state index is 0. The number of nitrogens with zero attached hydrogens (tertiary/aromatic N) is 5. The van der Waals surface area contributed by atoms with Crippen molar-refractivity contribution in [3.63, 3.8) is 0 Å². The Morgan fingerprint density at radius 1 is 1.19 bits per heavy atom. The van der Waals surface area contributed by atoms with Crippen molar-refractivity contribution < 1.29 is 0 Å². The summed E-state index contributed by atoms with van der Waals surface area (Å²) in [5, 5.41) is 11.0. The fourth-order valence-corrected chi connectivity index (χ4v) is 3.43. The lowest BCUT2D eigenvalue weighted by molar-refractivity contribution is 0.260. The Balaban J connectivity index is 0.00000243. The summed E-state index contributed by atoms with van der Waals surface area (Å²) in [6.45, 7) is 6.68. The Labute approximate surface area is 176 Å². The lowest BCUT2D eigenvalue weighted by Gasteiger charge is -2.34. The number of rotatable bonds is 6. The zero-order valence-corrected chi connectivity index (χ0v) is 18.1. The van der Waals surface area contributed by atoms with Crippen LogP contribution < -0.4 is 15.5 Å². The van der Waals surface area contributed by atoms with Gasteiger partial charge in [-0.2, -0.15) is 11.3 Å². The Hall–Kier alpha value is -1.46. The largest absolute Gasteiger partial charge is 0.355 e. The van der Waals surface area contributed by atoms with Crippen LogP contribution in [-0.2, 0) is 6.54 Å². The van der Waals surface area contributed by atoms with Crippen molar-refractivity contribution in [2.75, 3.05) is 51.2 Å². The highest BCUT2D eigenvalue weighted by atomic mass is 127. The van der Waals surface area contributed by atoms with Crippen molar-refractivity contribution in [2.45, 2.75) is 6.54 Å². The third kappa shape index (κ3) is 6.36. The van der Waals surface area contributed by atoms with Crippen LogP contribution in [0.3, 0.4) is 0 Å². The van der Waals surface area contributed by atoms with Crippen LogP contribution in [0.15, 0.2) is 40.3 Å². The highest BCUT2D eigenvalue weighted by Gasteiger charge is 2.18. The number of thiophene rings is 1. The van der Waals surface area contributed by atoms with E-state index in [9.17, 15) is 0 Å². The molecule has 0 spiro atoms. The number of guanidine groups is 1. The second kappa shape index (κ2) is 11.3. The molecule has 9 heteroatoms. The number of anilines is 1. The molecule has 1 saturated heterocycles. The predicted octanol–water partition coefficient (Wildman–Crippen LogP) is 1.64. The van der Waals surface area contributed by atoms with Gasteiger partial charge in [0.1, 0.15) is 0 Å². The summed E-state index contributed by atoms with van der Waals surface area (Å²) in [6, 6.07) is 3.98. The highest BCUT2D eigenvalue weighted by molar-refractivity contribution is 14.0. The van der Waals surface area contributed by atoms with Crippen LogP contribution in [0, 0.1) is 0 Å². The molecular weight excluding hydrogens is 461 g/mol. The number of hydrogen-bond donors (Lipinski definition) is 2. The molecule has 142 valence electrons. The fourth-order valence-electron chi connectivity index (χ4n) is 2.76. The van der Waals surface area contributed by atoms with E-state index in [1.54, 1.807) is 23.7 Å². The van der Waals surface area contributed by atoms with Crippen LogP contribution >= 0.6 is 35.3 Å². The van der Waals surface area contributed by atoms with Gasteiger partial charge in [0, 0.05) is 65.3 Å². The van der Waals surface area contributed by atoms with Crippen molar-refractivity contribution in [3.8, 4) is 0 Å². The summed E-state index contributed by atoms with van der Waals surface area (Å²) < 4.78 is 0. The SMILES string of the molecule is CN=C(NCCN1CCN(c2ncccn2)CC1)NCc1ccsc1.I. The molecule has 2 aromatic rings. The number of hydrogen-bond acceptors (Lipinski definition) is 6. The molecule has 26 heavy (non-hydrogen) atoms. The topological polar surface area (TPSA) is 68.7 Å². The maximum Gasteiger partial charge on any atom is 0.225 e. The van der Waals surface area contributed by atoms with Gasteiger partial charge in [0.2, 0.25) is 5.95 Å². The van der Waals surface area contributed by atoms with E-state index in [1.165, 1.54) is 5.56 Å². The molecule has 7 nitrogen and oxygen atoms in total. The van der Waals surface area contributed by atoms with Gasteiger partial charge in [0.15, 0.2) is 5.96 Å². The summed E-state index contributed by atoms with van der Waals surface area (Å²) in [4.78, 5) is 17.6. The van der Waals surface area contributed by atoms with Gasteiger partial charge in [-0.05, 0) is 28.5 Å². The molecule has 1 aliphatic rings. The second-order valence-corrected chi connectivity index (χ2v) is 6.64. The molecule has 0 radical (unpaired) electrons. The van der Waals surface area contributed by atoms with Crippen LogP contribution in [0.4, 0.5) is 5.95 Å². The number of piperazine rings is 1. The summed E-state index contributed by atoms with van der Waals surface area (Å²) in [7, 11) is 1.81. The van der Waals surface area contributed by atoms with E-state index in [-0.39, 0.29) is 24.0 Å². The van der Waals surface area contributed by atoms with Gasteiger partial charge in [-0.15, -0.1) is 24.0 Å². The number of aromatic nitrogens is 2. The highest BCUT2D eigenvalue weighted by Crippen LogP contribution is 2.09. The quantitative estimate of drug-likeness (QED) is 0.367. The Morgan fingerprint density at radius 3 is 2.62 bits per heavy atom. The second-order valence-electron chi connectivity index (χ2n) is 5.86. The maximum atomic E-state index is 4.33. The van der Waals surface area contributed by atoms with E-state index < -0.39 is 0 Å². The van der Waals surface area contributed by atoms with E-state index in [4.69, 9.17) is 0 Å². The predicted molar refractivity (Wildman–Crippen MR) is 119 cm³/mol. The van der Waals surface area contributed by atoms with Crippen molar-refractivity contribution in [2.24, 2.45) is 4.99 Å². The molecule has 0 aromatic carbocycles. The molecule has 0 amide bonds. The first-order valence-corrected chi connectivity index (χ1v) is 9.49. The minimum absolute atomic E-state index is 0. The van der Waals surface area contributed by atoms with Crippen LogP contribution in [0.1, 0.15) is 5.56 Å². The standard InChI is InChI=1S/C17H25N7S.HI/c1-18-16(22-13-15-3-12-25-14-15)19-6-7-23-8-10-24(11-9-23)17-20-4-2-5-21-17;/h2-5,12,14H,6-11,13H2,1H3,(H2,18,19,22);1H. The van der Waals surface area contributed by atoms with E-state index >= 15 is 0 Å². The number of aliphatic imine (C=N–C) groups is 1. The molecule has 3 rings (SSSR count). The van der Waals surface area contributed by atoms with Crippen LogP contribution in [0.5, 0.6) is 0 Å². The molecule has 2 N–H and O–H groups in total. The Bertz CT molecular complexity index is 642. The molecule has 3 heterocycles. The fraction of sp³-hybridized carbons (Fsp3) is 0.471. The van der Waals surface area contributed by atoms with E-state index in [0.717, 1.165) is 57.7 Å². The summed E-state index contributed by atoms with van der Waals surface area (Å²) in [5.41, 5.74) is 1.28. The molecule has 1 fully saturated rings. The lowest BCUT2D eigenvalue weighted by Crippen LogP contribution is -2.49. The number of nitrogens with one attached hydrogen (secondary N) is 2. The third-order valence-corrected chi connectivity index (χ3v) is 4.92. The van der Waals surface area contributed by atoms with Crippen LogP contribution in [0.2, 0.25) is 0 Å². The van der Waals surface area contributed by atoms with Crippen molar-refractivity contribution >= 4 is 47.2 Å². The molecule has 0 bridgehead atoms. The lowest BCUT2D eigenvalue weighted by atomic mass is 10.3. The van der Waals surface area contributed by atoms with E-state index in [0.29, 0.717) is 0 Å². The summed E-state index contributed by atoms with van der Waals surface area (Å²) >= 11 is 1.71. The summed E-state index contributed by atoms with van der Waals surface area (Å²) in [5.74, 6) is 1.68. The zero-order chi connectivity index (χ0) is 17.3. The van der Waals surface area contributed by atoms with Gasteiger partial charge in [-0.1, -0.05) is 0 Å². The molecular formula is C17H26IN7S. The van der Waals surface area contributed by atoms with Crippen LogP contribution in [-0.4, -0.2) is 67.1 Å². The summed E-state index contributed by atoms with van der Waals surface area (Å²) in [6.07, 6.45) is 3.60. The molecule has 0 saturated carbocycles. The molecule has 1 aliphatic heterocycles. The molecule has 2 aromatic heterocycles. The average Bonchev–Trinajstić information content (AvgIpc) is 3.19. The minimum Gasteiger partial charge on any atom is -0.355 e.